The lowest BCUT2D eigenvalue weighted by atomic mass is 10.1. The zero-order valence-electron chi connectivity index (χ0n) is 10.5. The zero-order valence-corrected chi connectivity index (χ0v) is 11.4. The van der Waals surface area contributed by atoms with E-state index in [0.29, 0.717) is 5.56 Å². The van der Waals surface area contributed by atoms with E-state index in [-0.39, 0.29) is 23.1 Å². The molecule has 0 bridgehead atoms. The average Bonchev–Trinajstić information content (AvgIpc) is 3.10. The minimum Gasteiger partial charge on any atom is -0.462 e. The first-order valence-corrected chi connectivity index (χ1v) is 6.89. The van der Waals surface area contributed by atoms with Crippen molar-refractivity contribution in [2.24, 2.45) is 0 Å². The molecule has 0 unspecified atom stereocenters. The molecule has 1 aromatic rings. The van der Waals surface area contributed by atoms with Gasteiger partial charge in [-0.3, -0.25) is 4.79 Å². The highest BCUT2D eigenvalue weighted by molar-refractivity contribution is 7.15. The van der Waals surface area contributed by atoms with Crippen LogP contribution in [0.4, 0.5) is 18.2 Å². The Bertz CT molecular complexity index is 535. The Morgan fingerprint density at radius 3 is 2.60 bits per heavy atom. The Balaban J connectivity index is 2.28. The third-order valence-electron chi connectivity index (χ3n) is 2.80. The predicted molar refractivity (Wildman–Crippen MR) is 66.9 cm³/mol. The highest BCUT2D eigenvalue weighted by Gasteiger charge is 2.40. The average molecular weight is 307 g/mol. The second-order valence-corrected chi connectivity index (χ2v) is 5.22. The smallest absolute Gasteiger partial charge is 0.462 e. The number of ether oxygens (including phenoxy) is 1. The van der Waals surface area contributed by atoms with E-state index in [0.717, 1.165) is 24.2 Å². The van der Waals surface area contributed by atoms with E-state index >= 15 is 0 Å². The summed E-state index contributed by atoms with van der Waals surface area (Å²) in [6.45, 7) is 1.72. The first-order valence-electron chi connectivity index (χ1n) is 6.01. The van der Waals surface area contributed by atoms with Gasteiger partial charge in [-0.25, -0.2) is 4.79 Å². The van der Waals surface area contributed by atoms with Crippen LogP contribution in [0.5, 0.6) is 0 Å². The molecule has 0 spiro atoms. The Labute approximate surface area is 116 Å². The van der Waals surface area contributed by atoms with Crippen molar-refractivity contribution < 1.29 is 27.5 Å². The summed E-state index contributed by atoms with van der Waals surface area (Å²) < 4.78 is 41.7. The van der Waals surface area contributed by atoms with Crippen LogP contribution in [0.1, 0.15) is 41.6 Å². The lowest BCUT2D eigenvalue weighted by Gasteiger charge is -2.09. The number of hydrogen-bond acceptors (Lipinski definition) is 4. The van der Waals surface area contributed by atoms with E-state index in [2.05, 4.69) is 0 Å². The van der Waals surface area contributed by atoms with Crippen molar-refractivity contribution in [1.29, 1.82) is 0 Å². The van der Waals surface area contributed by atoms with Crippen LogP contribution >= 0.6 is 11.3 Å². The highest BCUT2D eigenvalue weighted by atomic mass is 32.1. The molecule has 1 aliphatic carbocycles. The van der Waals surface area contributed by atoms with E-state index in [9.17, 15) is 22.8 Å². The molecule has 0 aromatic carbocycles. The van der Waals surface area contributed by atoms with Crippen LogP contribution in [-0.4, -0.2) is 24.7 Å². The van der Waals surface area contributed by atoms with Gasteiger partial charge < -0.3 is 10.1 Å². The normalized spacial score (nSPS) is 15.0. The van der Waals surface area contributed by atoms with Crippen molar-refractivity contribution in [3.05, 3.63) is 16.5 Å². The second-order valence-electron chi connectivity index (χ2n) is 4.34. The van der Waals surface area contributed by atoms with Gasteiger partial charge in [0.15, 0.2) is 0 Å². The number of amides is 1. The molecule has 4 nitrogen and oxygen atoms in total. The van der Waals surface area contributed by atoms with Gasteiger partial charge in [0, 0.05) is 0 Å². The highest BCUT2D eigenvalue weighted by Crippen LogP contribution is 2.46. The van der Waals surface area contributed by atoms with E-state index < -0.39 is 18.1 Å². The van der Waals surface area contributed by atoms with E-state index in [1.807, 2.05) is 0 Å². The number of esters is 1. The van der Waals surface area contributed by atoms with Crippen LogP contribution in [0.2, 0.25) is 0 Å². The minimum atomic E-state index is -4.99. The lowest BCUT2D eigenvalue weighted by molar-refractivity contribution is -0.167. The van der Waals surface area contributed by atoms with Gasteiger partial charge in [0.05, 0.1) is 12.2 Å². The fourth-order valence-corrected chi connectivity index (χ4v) is 2.77. The molecule has 8 heteroatoms. The summed E-state index contributed by atoms with van der Waals surface area (Å²) in [6, 6.07) is 0. The molecule has 0 saturated heterocycles. The fraction of sp³-hybridized carbons (Fsp3) is 0.500. The maximum Gasteiger partial charge on any atom is 0.471 e. The van der Waals surface area contributed by atoms with Crippen molar-refractivity contribution in [1.82, 2.24) is 0 Å². The molecule has 1 saturated carbocycles. The third-order valence-corrected chi connectivity index (χ3v) is 3.71. The van der Waals surface area contributed by atoms with Gasteiger partial charge in [0.2, 0.25) is 0 Å². The van der Waals surface area contributed by atoms with Gasteiger partial charge >= 0.3 is 18.1 Å². The van der Waals surface area contributed by atoms with Gasteiger partial charge in [-0.05, 0) is 36.6 Å². The molecule has 1 aliphatic rings. The topological polar surface area (TPSA) is 55.4 Å². The first-order chi connectivity index (χ1) is 9.34. The van der Waals surface area contributed by atoms with E-state index in [1.54, 1.807) is 17.6 Å². The summed E-state index contributed by atoms with van der Waals surface area (Å²) in [5.74, 6) is -2.62. The second kappa shape index (κ2) is 5.43. The molecule has 2 rings (SSSR count). The van der Waals surface area contributed by atoms with Crippen LogP contribution in [0.25, 0.3) is 0 Å². The molecular formula is C12H12F3NO3S. The monoisotopic (exact) mass is 307 g/mol. The maximum atomic E-state index is 12.3. The number of alkyl halides is 3. The SMILES string of the molecule is CCOC(=O)c1c(C2CC2)csc1NC(=O)C(F)(F)F. The van der Waals surface area contributed by atoms with Crippen molar-refractivity contribution >= 4 is 28.2 Å². The van der Waals surface area contributed by atoms with Crippen LogP contribution in [0, 0.1) is 0 Å². The Hall–Kier alpha value is -1.57. The lowest BCUT2D eigenvalue weighted by Crippen LogP contribution is -2.30. The van der Waals surface area contributed by atoms with Crippen molar-refractivity contribution in [3.8, 4) is 0 Å². The van der Waals surface area contributed by atoms with Crippen molar-refractivity contribution in [2.45, 2.75) is 31.9 Å². The molecule has 1 amide bonds. The molecule has 0 radical (unpaired) electrons. The zero-order chi connectivity index (χ0) is 14.9. The third kappa shape index (κ3) is 3.12. The molecule has 1 heterocycles. The molecule has 110 valence electrons. The van der Waals surface area contributed by atoms with Crippen LogP contribution < -0.4 is 5.32 Å². The van der Waals surface area contributed by atoms with Crippen LogP contribution in [0.15, 0.2) is 5.38 Å². The summed E-state index contributed by atoms with van der Waals surface area (Å²) >= 11 is 0.910. The largest absolute Gasteiger partial charge is 0.471 e. The number of carbonyl (C=O) groups excluding carboxylic acids is 2. The maximum absolute atomic E-state index is 12.3. The summed E-state index contributed by atoms with van der Waals surface area (Å²) in [5, 5.41) is 3.25. The Morgan fingerprint density at radius 2 is 2.10 bits per heavy atom. The van der Waals surface area contributed by atoms with Gasteiger partial charge in [-0.15, -0.1) is 11.3 Å². The quantitative estimate of drug-likeness (QED) is 0.868. The fourth-order valence-electron chi connectivity index (χ4n) is 1.75. The van der Waals surface area contributed by atoms with Gasteiger partial charge in [-0.1, -0.05) is 0 Å². The standard InChI is InChI=1S/C12H12F3NO3S/c1-2-19-10(17)8-7(6-3-4-6)5-20-9(8)16-11(18)12(13,14)15/h5-6H,2-4H2,1H3,(H,16,18). The molecule has 20 heavy (non-hydrogen) atoms. The summed E-state index contributed by atoms with van der Waals surface area (Å²) in [7, 11) is 0. The number of thiophene rings is 1. The van der Waals surface area contributed by atoms with Gasteiger partial charge in [0.25, 0.3) is 0 Å². The molecule has 1 N–H and O–H groups in total. The van der Waals surface area contributed by atoms with Crippen LogP contribution in [-0.2, 0) is 9.53 Å². The minimum absolute atomic E-state index is 0.0527. The summed E-state index contributed by atoms with van der Waals surface area (Å²) in [6.07, 6.45) is -3.22. The predicted octanol–water partition coefficient (Wildman–Crippen LogP) is 3.30. The number of hydrogen-bond donors (Lipinski definition) is 1. The summed E-state index contributed by atoms with van der Waals surface area (Å²) in [5.41, 5.74) is 0.711. The van der Waals surface area contributed by atoms with Crippen molar-refractivity contribution in [2.75, 3.05) is 11.9 Å². The molecule has 1 aromatic heterocycles. The number of nitrogens with one attached hydrogen (secondary N) is 1. The van der Waals surface area contributed by atoms with Crippen LogP contribution in [0.3, 0.4) is 0 Å². The Kier molecular flexibility index (Phi) is 4.03. The summed E-state index contributed by atoms with van der Waals surface area (Å²) in [4.78, 5) is 22.8. The molecular weight excluding hydrogens is 295 g/mol. The number of anilines is 1. The first kappa shape index (κ1) is 14.8. The van der Waals surface area contributed by atoms with Gasteiger partial charge in [-0.2, -0.15) is 13.2 Å². The van der Waals surface area contributed by atoms with Gasteiger partial charge in [0.1, 0.15) is 5.00 Å². The van der Waals surface area contributed by atoms with E-state index in [1.165, 1.54) is 0 Å². The number of rotatable bonds is 4. The molecule has 0 atom stereocenters. The molecule has 1 fully saturated rings. The van der Waals surface area contributed by atoms with Crippen molar-refractivity contribution in [3.63, 3.8) is 0 Å². The molecule has 0 aliphatic heterocycles. The number of carbonyl (C=O) groups is 2. The Morgan fingerprint density at radius 1 is 1.45 bits per heavy atom. The van der Waals surface area contributed by atoms with E-state index in [4.69, 9.17) is 4.74 Å². The number of halogens is 3.